The van der Waals surface area contributed by atoms with Crippen molar-refractivity contribution >= 4 is 5.82 Å². The van der Waals surface area contributed by atoms with Crippen molar-refractivity contribution in [3.63, 3.8) is 0 Å². The number of hydrogen-bond donors (Lipinski definition) is 2. The van der Waals surface area contributed by atoms with Gasteiger partial charge < -0.3 is 15.2 Å². The molecule has 0 aliphatic rings. The van der Waals surface area contributed by atoms with Crippen LogP contribution in [-0.4, -0.2) is 17.2 Å². The Morgan fingerprint density at radius 1 is 1.04 bits per heavy atom. The number of benzene rings is 1. The number of nitrogens with one attached hydrogen (secondary N) is 1. The Kier molecular flexibility index (Phi) is 11.3. The SMILES string of the molecule is CC.CC.COc1ccc(CNc2ccc(CO)c(F)n2)cc1. The maximum atomic E-state index is 13.3. The zero-order chi connectivity index (χ0) is 17.7. The van der Waals surface area contributed by atoms with Crippen molar-refractivity contribution in [2.24, 2.45) is 0 Å². The van der Waals surface area contributed by atoms with Crippen LogP contribution >= 0.6 is 0 Å². The van der Waals surface area contributed by atoms with Gasteiger partial charge in [-0.05, 0) is 29.8 Å². The van der Waals surface area contributed by atoms with Gasteiger partial charge in [0.05, 0.1) is 13.7 Å². The first-order valence-electron chi connectivity index (χ1n) is 7.86. The van der Waals surface area contributed by atoms with Crippen molar-refractivity contribution in [2.45, 2.75) is 40.8 Å². The van der Waals surface area contributed by atoms with E-state index in [1.165, 1.54) is 6.07 Å². The van der Waals surface area contributed by atoms with Gasteiger partial charge in [0.1, 0.15) is 11.6 Å². The Morgan fingerprint density at radius 2 is 1.65 bits per heavy atom. The van der Waals surface area contributed by atoms with Gasteiger partial charge in [-0.3, -0.25) is 0 Å². The smallest absolute Gasteiger partial charge is 0.220 e. The molecule has 0 unspecified atom stereocenters. The highest BCUT2D eigenvalue weighted by molar-refractivity contribution is 5.38. The van der Waals surface area contributed by atoms with Crippen molar-refractivity contribution in [3.05, 3.63) is 53.5 Å². The van der Waals surface area contributed by atoms with Gasteiger partial charge in [0, 0.05) is 12.1 Å². The van der Waals surface area contributed by atoms with Crippen LogP contribution in [0.2, 0.25) is 0 Å². The summed E-state index contributed by atoms with van der Waals surface area (Å²) < 4.78 is 18.4. The van der Waals surface area contributed by atoms with Gasteiger partial charge >= 0.3 is 0 Å². The highest BCUT2D eigenvalue weighted by Crippen LogP contribution is 2.14. The van der Waals surface area contributed by atoms with E-state index in [1.807, 2.05) is 52.0 Å². The molecule has 0 bridgehead atoms. The van der Waals surface area contributed by atoms with E-state index in [2.05, 4.69) is 10.3 Å². The first-order chi connectivity index (χ1) is 11.2. The topological polar surface area (TPSA) is 54.4 Å². The number of aromatic nitrogens is 1. The van der Waals surface area contributed by atoms with E-state index >= 15 is 0 Å². The first kappa shape index (κ1) is 20.9. The van der Waals surface area contributed by atoms with Crippen molar-refractivity contribution in [1.82, 2.24) is 4.98 Å². The maximum absolute atomic E-state index is 13.3. The molecule has 1 aromatic carbocycles. The summed E-state index contributed by atoms with van der Waals surface area (Å²) in [4.78, 5) is 3.73. The Labute approximate surface area is 138 Å². The minimum atomic E-state index is -0.651. The number of pyridine rings is 1. The molecule has 128 valence electrons. The summed E-state index contributed by atoms with van der Waals surface area (Å²) in [6, 6.07) is 10.7. The Morgan fingerprint density at radius 3 is 2.13 bits per heavy atom. The molecule has 0 saturated heterocycles. The number of anilines is 1. The molecule has 0 radical (unpaired) electrons. The molecule has 5 heteroatoms. The monoisotopic (exact) mass is 322 g/mol. The summed E-state index contributed by atoms with van der Waals surface area (Å²) in [5, 5.41) is 11.9. The first-order valence-corrected chi connectivity index (χ1v) is 7.86. The molecule has 4 nitrogen and oxygen atoms in total. The van der Waals surface area contributed by atoms with Crippen molar-refractivity contribution in [3.8, 4) is 5.75 Å². The van der Waals surface area contributed by atoms with E-state index < -0.39 is 5.95 Å². The second kappa shape index (κ2) is 12.4. The van der Waals surface area contributed by atoms with E-state index in [4.69, 9.17) is 9.84 Å². The number of hydrogen-bond acceptors (Lipinski definition) is 4. The highest BCUT2D eigenvalue weighted by Gasteiger charge is 2.04. The lowest BCUT2D eigenvalue weighted by molar-refractivity contribution is 0.274. The van der Waals surface area contributed by atoms with Gasteiger partial charge in [-0.2, -0.15) is 4.39 Å². The highest BCUT2D eigenvalue weighted by atomic mass is 19.1. The number of ether oxygens (including phenoxy) is 1. The molecule has 0 fully saturated rings. The summed E-state index contributed by atoms with van der Waals surface area (Å²) in [5.41, 5.74) is 1.23. The van der Waals surface area contributed by atoms with Crippen LogP contribution in [0.5, 0.6) is 5.75 Å². The summed E-state index contributed by atoms with van der Waals surface area (Å²) >= 11 is 0. The Bertz CT molecular complexity index is 545. The Balaban J connectivity index is 0.00000112. The van der Waals surface area contributed by atoms with E-state index in [1.54, 1.807) is 13.2 Å². The second-order valence-corrected chi connectivity index (χ2v) is 4.01. The van der Waals surface area contributed by atoms with Crippen LogP contribution in [-0.2, 0) is 13.2 Å². The normalized spacial score (nSPS) is 9.00. The number of nitrogens with zero attached hydrogens (tertiary/aromatic N) is 1. The Hall–Kier alpha value is -2.14. The molecule has 1 heterocycles. The molecule has 23 heavy (non-hydrogen) atoms. The average molecular weight is 322 g/mol. The lowest BCUT2D eigenvalue weighted by Gasteiger charge is -2.07. The number of aliphatic hydroxyl groups is 1. The van der Waals surface area contributed by atoms with Crippen LogP contribution in [0.1, 0.15) is 38.8 Å². The quantitative estimate of drug-likeness (QED) is 0.802. The van der Waals surface area contributed by atoms with Crippen LogP contribution < -0.4 is 10.1 Å². The molecule has 2 aromatic rings. The fraction of sp³-hybridized carbons (Fsp3) is 0.389. The third kappa shape index (κ3) is 7.10. The number of rotatable bonds is 5. The molecule has 2 N–H and O–H groups in total. The minimum Gasteiger partial charge on any atom is -0.497 e. The van der Waals surface area contributed by atoms with Crippen LogP contribution in [0.15, 0.2) is 36.4 Å². The zero-order valence-electron chi connectivity index (χ0n) is 14.6. The van der Waals surface area contributed by atoms with Crippen LogP contribution in [0.4, 0.5) is 10.2 Å². The second-order valence-electron chi connectivity index (χ2n) is 4.01. The molecule has 1 aromatic heterocycles. The van der Waals surface area contributed by atoms with E-state index in [9.17, 15) is 4.39 Å². The van der Waals surface area contributed by atoms with Gasteiger partial charge in [-0.15, -0.1) is 0 Å². The van der Waals surface area contributed by atoms with Crippen molar-refractivity contribution in [1.29, 1.82) is 0 Å². The predicted molar refractivity (Wildman–Crippen MR) is 93.1 cm³/mol. The predicted octanol–water partition coefficient (Wildman–Crippen LogP) is 4.39. The summed E-state index contributed by atoms with van der Waals surface area (Å²) in [7, 11) is 1.61. The van der Waals surface area contributed by atoms with E-state index in [-0.39, 0.29) is 12.2 Å². The van der Waals surface area contributed by atoms with Crippen LogP contribution in [0.25, 0.3) is 0 Å². The molecule has 0 amide bonds. The molecular formula is C18H27FN2O2. The van der Waals surface area contributed by atoms with Crippen LogP contribution in [0, 0.1) is 5.95 Å². The summed E-state index contributed by atoms with van der Waals surface area (Å²) in [6.07, 6.45) is 0. The van der Waals surface area contributed by atoms with Gasteiger partial charge in [0.15, 0.2) is 0 Å². The van der Waals surface area contributed by atoms with Gasteiger partial charge in [0.2, 0.25) is 5.95 Å². The molecule has 0 aliphatic carbocycles. The third-order valence-corrected chi connectivity index (χ3v) is 2.73. The third-order valence-electron chi connectivity index (χ3n) is 2.73. The number of aliphatic hydroxyl groups excluding tert-OH is 1. The standard InChI is InChI=1S/C14H15FN2O2.2C2H6/c1-19-12-5-2-10(3-6-12)8-16-13-7-4-11(9-18)14(15)17-13;2*1-2/h2-7,18H,8-9H2,1H3,(H,16,17);2*1-2H3. The lowest BCUT2D eigenvalue weighted by Crippen LogP contribution is -2.04. The van der Waals surface area contributed by atoms with Gasteiger partial charge in [-0.1, -0.05) is 39.8 Å². The molecule has 0 spiro atoms. The zero-order valence-corrected chi connectivity index (χ0v) is 14.6. The molecular weight excluding hydrogens is 295 g/mol. The van der Waals surface area contributed by atoms with Crippen molar-refractivity contribution < 1.29 is 14.2 Å². The number of methoxy groups -OCH3 is 1. The van der Waals surface area contributed by atoms with Crippen molar-refractivity contribution in [2.75, 3.05) is 12.4 Å². The largest absolute Gasteiger partial charge is 0.497 e. The molecule has 0 aliphatic heterocycles. The number of halogens is 1. The van der Waals surface area contributed by atoms with Gasteiger partial charge in [0.25, 0.3) is 0 Å². The lowest BCUT2D eigenvalue weighted by atomic mass is 10.2. The molecule has 0 atom stereocenters. The average Bonchev–Trinajstić information content (AvgIpc) is 2.64. The summed E-state index contributed by atoms with van der Waals surface area (Å²) in [6.45, 7) is 8.19. The molecule has 2 rings (SSSR count). The fourth-order valence-corrected chi connectivity index (χ4v) is 1.62. The van der Waals surface area contributed by atoms with Gasteiger partial charge in [-0.25, -0.2) is 4.98 Å². The maximum Gasteiger partial charge on any atom is 0.220 e. The fourth-order valence-electron chi connectivity index (χ4n) is 1.62. The van der Waals surface area contributed by atoms with Crippen LogP contribution in [0.3, 0.4) is 0 Å². The summed E-state index contributed by atoms with van der Waals surface area (Å²) in [5.74, 6) is 0.577. The van der Waals surface area contributed by atoms with E-state index in [0.717, 1.165) is 11.3 Å². The minimum absolute atomic E-state index is 0.190. The van der Waals surface area contributed by atoms with E-state index in [0.29, 0.717) is 12.4 Å². The molecule has 0 saturated carbocycles.